The third-order valence-corrected chi connectivity index (χ3v) is 11.8. The van der Waals surface area contributed by atoms with Gasteiger partial charge in [-0.2, -0.15) is 0 Å². The van der Waals surface area contributed by atoms with Gasteiger partial charge in [0.15, 0.2) is 0 Å². The number of hydrogen-bond donors (Lipinski definition) is 3. The Bertz CT molecular complexity index is 1270. The molecule has 7 nitrogen and oxygen atoms in total. The fourth-order valence-electron chi connectivity index (χ4n) is 6.62. The van der Waals surface area contributed by atoms with E-state index in [4.69, 9.17) is 0 Å². The molecular formula is C30H36BrN3O4S. The number of alkyl halides is 1. The van der Waals surface area contributed by atoms with Crippen molar-refractivity contribution in [2.24, 2.45) is 17.8 Å². The standard InChI is InChI=1S/C30H36BrN3O4S/c1-16(2)22(15-35)34-26(28(37)33-21-12-17(3)10-11-18(21)4)30-13-20(31)25(39-30)23(24(30)29(34)38)27(36)32-14-19-8-6-5-7-9-19/h5-12,16,20,22-26,35H,13-15H2,1-4H3,(H,32,36)(H,33,37)/t20?,22-,23+,24-,25+,26?,30?/m0/s1. The van der Waals surface area contributed by atoms with E-state index in [1.54, 1.807) is 16.7 Å². The van der Waals surface area contributed by atoms with E-state index in [9.17, 15) is 19.5 Å². The largest absolute Gasteiger partial charge is 0.394 e. The molecule has 0 radical (unpaired) electrons. The van der Waals surface area contributed by atoms with Crippen molar-refractivity contribution in [2.45, 2.75) is 67.6 Å². The molecule has 3 unspecified atom stereocenters. The summed E-state index contributed by atoms with van der Waals surface area (Å²) in [6.07, 6.45) is 0.596. The van der Waals surface area contributed by atoms with E-state index in [-0.39, 0.29) is 40.3 Å². The first-order valence-corrected chi connectivity index (χ1v) is 15.3. The molecule has 3 heterocycles. The fraction of sp³-hybridized carbons (Fsp3) is 0.500. The molecule has 3 fully saturated rings. The minimum atomic E-state index is -0.809. The number of aryl methyl sites for hydroxylation is 2. The Kier molecular flexibility index (Phi) is 7.87. The number of likely N-dealkylation sites (tertiary alicyclic amines) is 1. The van der Waals surface area contributed by atoms with Crippen molar-refractivity contribution in [3.63, 3.8) is 0 Å². The van der Waals surface area contributed by atoms with Gasteiger partial charge in [-0.1, -0.05) is 72.2 Å². The zero-order chi connectivity index (χ0) is 28.1. The maximum Gasteiger partial charge on any atom is 0.248 e. The minimum absolute atomic E-state index is 0.0124. The van der Waals surface area contributed by atoms with Gasteiger partial charge in [-0.15, -0.1) is 11.8 Å². The summed E-state index contributed by atoms with van der Waals surface area (Å²) in [7, 11) is 0. The van der Waals surface area contributed by atoms with Crippen LogP contribution >= 0.6 is 27.7 Å². The second kappa shape index (κ2) is 10.9. The zero-order valence-corrected chi connectivity index (χ0v) is 25.1. The van der Waals surface area contributed by atoms with Gasteiger partial charge in [-0.05, 0) is 48.9 Å². The summed E-state index contributed by atoms with van der Waals surface area (Å²) in [4.78, 5) is 43.8. The monoisotopic (exact) mass is 613 g/mol. The van der Waals surface area contributed by atoms with Gasteiger partial charge in [0.05, 0.1) is 29.2 Å². The SMILES string of the molecule is Cc1ccc(C)c(NC(=O)C2N([C@@H](CO)C(C)C)C(=O)[C@@H]3[C@@H](C(=O)NCc4ccccc4)[C@@H]4SC23CC4Br)c1. The molecule has 0 aromatic heterocycles. The number of rotatable bonds is 8. The summed E-state index contributed by atoms with van der Waals surface area (Å²) < 4.78 is -0.769. The van der Waals surface area contributed by atoms with Gasteiger partial charge in [-0.3, -0.25) is 14.4 Å². The highest BCUT2D eigenvalue weighted by Gasteiger charge is 2.76. The van der Waals surface area contributed by atoms with Crippen LogP contribution in [0.15, 0.2) is 48.5 Å². The average molecular weight is 615 g/mol. The number of halogens is 1. The van der Waals surface area contributed by atoms with Crippen LogP contribution in [0.25, 0.3) is 0 Å². The third kappa shape index (κ3) is 4.80. The third-order valence-electron chi connectivity index (χ3n) is 8.55. The lowest BCUT2D eigenvalue weighted by Crippen LogP contribution is -2.56. The molecule has 3 aliphatic heterocycles. The number of hydrogen-bond acceptors (Lipinski definition) is 5. The second-order valence-corrected chi connectivity index (χ2v) is 14.1. The van der Waals surface area contributed by atoms with Crippen LogP contribution in [0.2, 0.25) is 0 Å². The van der Waals surface area contributed by atoms with Crippen LogP contribution in [0.4, 0.5) is 5.69 Å². The molecule has 2 bridgehead atoms. The summed E-state index contributed by atoms with van der Waals surface area (Å²) in [5.74, 6) is -1.93. The molecule has 3 aliphatic rings. The smallest absolute Gasteiger partial charge is 0.248 e. The zero-order valence-electron chi connectivity index (χ0n) is 22.7. The van der Waals surface area contributed by atoms with Gasteiger partial charge in [0.1, 0.15) is 6.04 Å². The molecule has 7 atom stereocenters. The lowest BCUT2D eigenvalue weighted by atomic mass is 9.70. The fourth-order valence-corrected chi connectivity index (χ4v) is 10.2. The lowest BCUT2D eigenvalue weighted by molar-refractivity contribution is -0.143. The van der Waals surface area contributed by atoms with Gasteiger partial charge < -0.3 is 20.6 Å². The predicted molar refractivity (Wildman–Crippen MR) is 158 cm³/mol. The summed E-state index contributed by atoms with van der Waals surface area (Å²) in [6.45, 7) is 7.92. The first kappa shape index (κ1) is 28.2. The molecular weight excluding hydrogens is 578 g/mol. The molecule has 39 heavy (non-hydrogen) atoms. The van der Waals surface area contributed by atoms with E-state index < -0.39 is 28.7 Å². The first-order valence-electron chi connectivity index (χ1n) is 13.5. The van der Waals surface area contributed by atoms with Crippen LogP contribution in [0, 0.1) is 31.6 Å². The molecule has 3 N–H and O–H groups in total. The summed E-state index contributed by atoms with van der Waals surface area (Å²) >= 11 is 5.41. The van der Waals surface area contributed by atoms with Crippen molar-refractivity contribution in [1.82, 2.24) is 10.2 Å². The van der Waals surface area contributed by atoms with Crippen molar-refractivity contribution >= 4 is 51.1 Å². The average Bonchev–Trinajstić information content (AvgIpc) is 3.49. The Morgan fingerprint density at radius 2 is 1.87 bits per heavy atom. The number of carbonyl (C=O) groups is 3. The maximum absolute atomic E-state index is 14.3. The highest BCUT2D eigenvalue weighted by atomic mass is 79.9. The van der Waals surface area contributed by atoms with E-state index in [1.165, 1.54) is 0 Å². The van der Waals surface area contributed by atoms with Crippen molar-refractivity contribution in [2.75, 3.05) is 11.9 Å². The highest BCUT2D eigenvalue weighted by molar-refractivity contribution is 9.09. The molecule has 208 valence electrons. The van der Waals surface area contributed by atoms with E-state index in [2.05, 4.69) is 26.6 Å². The van der Waals surface area contributed by atoms with Gasteiger partial charge in [0.2, 0.25) is 17.7 Å². The molecule has 2 aromatic carbocycles. The van der Waals surface area contributed by atoms with Gasteiger partial charge in [0, 0.05) is 22.3 Å². The van der Waals surface area contributed by atoms with Crippen LogP contribution in [0.1, 0.15) is 37.0 Å². The Hall–Kier alpha value is -2.36. The van der Waals surface area contributed by atoms with Crippen LogP contribution in [0.5, 0.6) is 0 Å². The lowest BCUT2D eigenvalue weighted by Gasteiger charge is -2.38. The van der Waals surface area contributed by atoms with Crippen LogP contribution in [-0.4, -0.2) is 61.2 Å². The second-order valence-electron chi connectivity index (χ2n) is 11.4. The van der Waals surface area contributed by atoms with Crippen molar-refractivity contribution in [3.8, 4) is 0 Å². The summed E-state index contributed by atoms with van der Waals surface area (Å²) in [5, 5.41) is 16.4. The number of anilines is 1. The molecule has 1 spiro atoms. The number of amides is 3. The Morgan fingerprint density at radius 3 is 2.54 bits per heavy atom. The molecule has 3 amide bonds. The van der Waals surface area contributed by atoms with E-state index >= 15 is 0 Å². The number of carbonyl (C=O) groups excluding carboxylic acids is 3. The van der Waals surface area contributed by atoms with Crippen LogP contribution in [0.3, 0.4) is 0 Å². The number of benzene rings is 2. The molecule has 5 rings (SSSR count). The van der Waals surface area contributed by atoms with Crippen molar-refractivity contribution in [1.29, 1.82) is 0 Å². The van der Waals surface area contributed by atoms with E-state index in [1.807, 2.05) is 76.2 Å². The predicted octanol–water partition coefficient (Wildman–Crippen LogP) is 4.04. The normalized spacial score (nSPS) is 30.0. The molecule has 9 heteroatoms. The van der Waals surface area contributed by atoms with Gasteiger partial charge in [-0.25, -0.2) is 0 Å². The highest BCUT2D eigenvalue weighted by Crippen LogP contribution is 2.68. The number of nitrogens with one attached hydrogen (secondary N) is 2. The number of aliphatic hydroxyl groups is 1. The number of nitrogens with zero attached hydrogens (tertiary/aromatic N) is 1. The van der Waals surface area contributed by atoms with Gasteiger partial charge >= 0.3 is 0 Å². The number of fused-ring (bicyclic) bond motifs is 1. The van der Waals surface area contributed by atoms with Crippen LogP contribution in [-0.2, 0) is 20.9 Å². The molecule has 0 saturated carbocycles. The Morgan fingerprint density at radius 1 is 1.15 bits per heavy atom. The maximum atomic E-state index is 14.3. The number of thioether (sulfide) groups is 1. The Labute approximate surface area is 242 Å². The molecule has 0 aliphatic carbocycles. The quantitative estimate of drug-likeness (QED) is 0.390. The van der Waals surface area contributed by atoms with E-state index in [0.717, 1.165) is 16.7 Å². The minimum Gasteiger partial charge on any atom is -0.394 e. The topological polar surface area (TPSA) is 98.7 Å². The molecule has 3 saturated heterocycles. The van der Waals surface area contributed by atoms with Crippen LogP contribution < -0.4 is 10.6 Å². The van der Waals surface area contributed by atoms with E-state index in [0.29, 0.717) is 18.7 Å². The summed E-state index contributed by atoms with van der Waals surface area (Å²) in [6, 6.07) is 14.2. The Balaban J connectivity index is 1.51. The van der Waals surface area contributed by atoms with Crippen molar-refractivity contribution < 1.29 is 19.5 Å². The number of aliphatic hydroxyl groups excluding tert-OH is 1. The van der Waals surface area contributed by atoms with Crippen molar-refractivity contribution in [3.05, 3.63) is 65.2 Å². The molecule has 2 aromatic rings. The summed E-state index contributed by atoms with van der Waals surface area (Å²) in [5.41, 5.74) is 3.65. The van der Waals surface area contributed by atoms with Gasteiger partial charge in [0.25, 0.3) is 0 Å². The first-order chi connectivity index (χ1) is 18.6.